The molecule has 102 valence electrons. The number of hydrogen-bond donors (Lipinski definition) is 1. The second-order valence-corrected chi connectivity index (χ2v) is 6.77. The van der Waals surface area contributed by atoms with Gasteiger partial charge in [0.15, 0.2) is 0 Å². The van der Waals surface area contributed by atoms with E-state index in [0.29, 0.717) is 6.04 Å². The van der Waals surface area contributed by atoms with Crippen molar-refractivity contribution in [2.24, 2.45) is 0 Å². The molecular formula is C13H24N4S. The standard InChI is InChI=1S/C13H24N4S/c1-4-8-17-11(10-15-16-17)12(14-5-2)13(3)7-6-9-18-13/h10,12,14H,4-9H2,1-3H3. The summed E-state index contributed by atoms with van der Waals surface area (Å²) in [5.74, 6) is 1.27. The van der Waals surface area contributed by atoms with Gasteiger partial charge in [-0.25, -0.2) is 4.68 Å². The molecule has 1 saturated heterocycles. The number of rotatable bonds is 6. The van der Waals surface area contributed by atoms with Crippen molar-refractivity contribution in [3.05, 3.63) is 11.9 Å². The second-order valence-electron chi connectivity index (χ2n) is 5.14. The molecule has 18 heavy (non-hydrogen) atoms. The second kappa shape index (κ2) is 6.06. The van der Waals surface area contributed by atoms with E-state index >= 15 is 0 Å². The Morgan fingerprint density at radius 1 is 1.56 bits per heavy atom. The van der Waals surface area contributed by atoms with Crippen LogP contribution in [-0.4, -0.2) is 32.0 Å². The first-order valence-corrected chi connectivity index (χ1v) is 7.95. The van der Waals surface area contributed by atoms with Crippen LogP contribution in [0.25, 0.3) is 0 Å². The minimum absolute atomic E-state index is 0.281. The van der Waals surface area contributed by atoms with E-state index in [2.05, 4.69) is 52.8 Å². The summed E-state index contributed by atoms with van der Waals surface area (Å²) in [6.45, 7) is 8.67. The highest BCUT2D eigenvalue weighted by Gasteiger charge is 2.40. The van der Waals surface area contributed by atoms with E-state index in [1.165, 1.54) is 24.3 Å². The molecule has 5 heteroatoms. The number of nitrogens with one attached hydrogen (secondary N) is 1. The fourth-order valence-electron chi connectivity index (χ4n) is 2.74. The molecule has 1 aliphatic heterocycles. The van der Waals surface area contributed by atoms with Crippen LogP contribution in [0.2, 0.25) is 0 Å². The number of aryl methyl sites for hydroxylation is 1. The van der Waals surface area contributed by atoms with Crippen molar-refractivity contribution in [3.63, 3.8) is 0 Å². The van der Waals surface area contributed by atoms with Crippen molar-refractivity contribution in [1.29, 1.82) is 0 Å². The molecule has 0 spiro atoms. The van der Waals surface area contributed by atoms with Gasteiger partial charge in [0.1, 0.15) is 0 Å². The zero-order valence-electron chi connectivity index (χ0n) is 11.6. The zero-order valence-corrected chi connectivity index (χ0v) is 12.5. The van der Waals surface area contributed by atoms with Crippen LogP contribution in [0.4, 0.5) is 0 Å². The molecule has 1 aliphatic rings. The van der Waals surface area contributed by atoms with Crippen molar-refractivity contribution in [2.45, 2.75) is 57.4 Å². The average molecular weight is 268 g/mol. The highest BCUT2D eigenvalue weighted by molar-refractivity contribution is 8.00. The van der Waals surface area contributed by atoms with Gasteiger partial charge < -0.3 is 5.32 Å². The first-order chi connectivity index (χ1) is 8.71. The van der Waals surface area contributed by atoms with E-state index < -0.39 is 0 Å². The van der Waals surface area contributed by atoms with Crippen molar-refractivity contribution < 1.29 is 0 Å². The van der Waals surface area contributed by atoms with Crippen LogP contribution < -0.4 is 5.32 Å². The minimum Gasteiger partial charge on any atom is -0.308 e. The maximum Gasteiger partial charge on any atom is 0.0770 e. The van der Waals surface area contributed by atoms with E-state index in [1.807, 2.05) is 6.20 Å². The Morgan fingerprint density at radius 3 is 3.00 bits per heavy atom. The van der Waals surface area contributed by atoms with Gasteiger partial charge in [-0.3, -0.25) is 0 Å². The molecule has 1 fully saturated rings. The normalized spacial score (nSPS) is 25.5. The lowest BCUT2D eigenvalue weighted by atomic mass is 9.93. The summed E-state index contributed by atoms with van der Waals surface area (Å²) in [5, 5.41) is 12.0. The largest absolute Gasteiger partial charge is 0.308 e. The van der Waals surface area contributed by atoms with Crippen molar-refractivity contribution in [3.8, 4) is 0 Å². The Morgan fingerprint density at radius 2 is 2.39 bits per heavy atom. The van der Waals surface area contributed by atoms with Crippen LogP contribution in [0.3, 0.4) is 0 Å². The summed E-state index contributed by atoms with van der Waals surface area (Å²) in [6.07, 6.45) is 5.62. The fourth-order valence-corrected chi connectivity index (χ4v) is 4.15. The summed E-state index contributed by atoms with van der Waals surface area (Å²) in [4.78, 5) is 0. The van der Waals surface area contributed by atoms with Gasteiger partial charge in [0.2, 0.25) is 0 Å². The summed E-state index contributed by atoms with van der Waals surface area (Å²) in [5.41, 5.74) is 1.25. The molecule has 1 aromatic heterocycles. The first-order valence-electron chi connectivity index (χ1n) is 6.97. The van der Waals surface area contributed by atoms with Crippen LogP contribution in [0.5, 0.6) is 0 Å². The monoisotopic (exact) mass is 268 g/mol. The van der Waals surface area contributed by atoms with Crippen LogP contribution in [0.1, 0.15) is 51.8 Å². The smallest absolute Gasteiger partial charge is 0.0770 e. The number of nitrogens with zero attached hydrogens (tertiary/aromatic N) is 3. The highest BCUT2D eigenvalue weighted by Crippen LogP contribution is 2.46. The Bertz CT molecular complexity index is 371. The van der Waals surface area contributed by atoms with Gasteiger partial charge in [0.05, 0.1) is 17.9 Å². The van der Waals surface area contributed by atoms with Gasteiger partial charge in [-0.15, -0.1) is 5.10 Å². The Hall–Kier alpha value is -0.550. The predicted molar refractivity (Wildman–Crippen MR) is 76.8 cm³/mol. The fraction of sp³-hybridized carbons (Fsp3) is 0.846. The molecule has 2 atom stereocenters. The van der Waals surface area contributed by atoms with Crippen LogP contribution in [-0.2, 0) is 6.54 Å². The number of aromatic nitrogens is 3. The Labute approximate surface area is 114 Å². The Kier molecular flexibility index (Phi) is 4.67. The average Bonchev–Trinajstić information content (AvgIpc) is 2.97. The molecule has 0 radical (unpaired) electrons. The molecular weight excluding hydrogens is 244 g/mol. The maximum atomic E-state index is 4.23. The van der Waals surface area contributed by atoms with E-state index in [9.17, 15) is 0 Å². The van der Waals surface area contributed by atoms with Crippen LogP contribution in [0, 0.1) is 0 Å². The van der Waals surface area contributed by atoms with Crippen molar-refractivity contribution in [2.75, 3.05) is 12.3 Å². The third kappa shape index (κ3) is 2.72. The molecule has 1 aromatic rings. The maximum absolute atomic E-state index is 4.23. The molecule has 0 saturated carbocycles. The topological polar surface area (TPSA) is 42.7 Å². The van der Waals surface area contributed by atoms with Crippen LogP contribution >= 0.6 is 11.8 Å². The van der Waals surface area contributed by atoms with Gasteiger partial charge in [-0.05, 0) is 38.5 Å². The predicted octanol–water partition coefficient (Wildman–Crippen LogP) is 2.62. The lowest BCUT2D eigenvalue weighted by Crippen LogP contribution is -2.39. The lowest BCUT2D eigenvalue weighted by molar-refractivity contribution is 0.389. The van der Waals surface area contributed by atoms with Gasteiger partial charge in [0.25, 0.3) is 0 Å². The van der Waals surface area contributed by atoms with E-state index in [-0.39, 0.29) is 4.75 Å². The minimum atomic E-state index is 0.281. The lowest BCUT2D eigenvalue weighted by Gasteiger charge is -2.33. The summed E-state index contributed by atoms with van der Waals surface area (Å²) in [7, 11) is 0. The number of thioether (sulfide) groups is 1. The van der Waals surface area contributed by atoms with Crippen LogP contribution in [0.15, 0.2) is 6.20 Å². The van der Waals surface area contributed by atoms with E-state index in [0.717, 1.165) is 19.5 Å². The molecule has 2 unspecified atom stereocenters. The van der Waals surface area contributed by atoms with Gasteiger partial charge >= 0.3 is 0 Å². The Balaban J connectivity index is 2.25. The SMILES string of the molecule is CCCn1nncc1C(NCC)C1(C)CCCS1. The highest BCUT2D eigenvalue weighted by atomic mass is 32.2. The quantitative estimate of drug-likeness (QED) is 0.861. The molecule has 0 aromatic carbocycles. The van der Waals surface area contributed by atoms with Gasteiger partial charge in [-0.1, -0.05) is 19.1 Å². The zero-order chi connectivity index (χ0) is 13.0. The molecule has 4 nitrogen and oxygen atoms in total. The summed E-state index contributed by atoms with van der Waals surface area (Å²) >= 11 is 2.09. The summed E-state index contributed by atoms with van der Waals surface area (Å²) < 4.78 is 2.35. The summed E-state index contributed by atoms with van der Waals surface area (Å²) in [6, 6.07) is 0.358. The number of hydrogen-bond acceptors (Lipinski definition) is 4. The molecule has 0 bridgehead atoms. The van der Waals surface area contributed by atoms with Crippen molar-refractivity contribution >= 4 is 11.8 Å². The third-order valence-corrected chi connectivity index (χ3v) is 5.24. The molecule has 1 N–H and O–H groups in total. The molecule has 2 heterocycles. The third-order valence-electron chi connectivity index (χ3n) is 3.65. The van der Waals surface area contributed by atoms with Crippen molar-refractivity contribution in [1.82, 2.24) is 20.3 Å². The first kappa shape index (κ1) is 13.9. The molecule has 0 aliphatic carbocycles. The van der Waals surface area contributed by atoms with Gasteiger partial charge in [0, 0.05) is 11.3 Å². The van der Waals surface area contributed by atoms with E-state index in [4.69, 9.17) is 0 Å². The van der Waals surface area contributed by atoms with E-state index in [1.54, 1.807) is 0 Å². The molecule has 2 rings (SSSR count). The molecule has 0 amide bonds. The van der Waals surface area contributed by atoms with Gasteiger partial charge in [-0.2, -0.15) is 11.8 Å².